The molecule has 0 nitrogen and oxygen atoms in total. The van der Waals surface area contributed by atoms with Gasteiger partial charge in [0.25, 0.3) is 0 Å². The Kier molecular flexibility index (Phi) is 6.30. The Hall–Kier alpha value is -0.260. The van der Waals surface area contributed by atoms with Crippen molar-refractivity contribution in [2.45, 2.75) is 47.0 Å². The highest BCUT2D eigenvalue weighted by atomic mass is 14.2. The fourth-order valence-corrected chi connectivity index (χ4v) is 0.561. The van der Waals surface area contributed by atoms with E-state index in [9.17, 15) is 0 Å². The molecule has 0 heterocycles. The molecule has 1 rings (SSSR count). The lowest BCUT2D eigenvalue weighted by Gasteiger charge is -1.90. The van der Waals surface area contributed by atoms with Crippen LogP contribution in [0.1, 0.15) is 47.0 Å². The van der Waals surface area contributed by atoms with E-state index in [2.05, 4.69) is 39.8 Å². The molecule has 1 saturated carbocycles. The zero-order valence-corrected chi connectivity index (χ0v) is 8.43. The monoisotopic (exact) mass is 154 g/mol. The molecule has 11 heavy (non-hydrogen) atoms. The summed E-state index contributed by atoms with van der Waals surface area (Å²) in [5, 5.41) is 0. The summed E-state index contributed by atoms with van der Waals surface area (Å²) in [4.78, 5) is 0. The molecule has 0 bridgehead atoms. The van der Waals surface area contributed by atoms with Crippen molar-refractivity contribution in [3.8, 4) is 0 Å². The lowest BCUT2D eigenvalue weighted by atomic mass is 10.2. The summed E-state index contributed by atoms with van der Waals surface area (Å²) in [6, 6.07) is 0. The maximum atomic E-state index is 2.28. The molecule has 0 radical (unpaired) electrons. The van der Waals surface area contributed by atoms with Gasteiger partial charge in [-0.2, -0.15) is 0 Å². The van der Waals surface area contributed by atoms with Crippen LogP contribution in [0.25, 0.3) is 0 Å². The molecule has 0 N–H and O–H groups in total. The maximum absolute atomic E-state index is 2.28. The Morgan fingerprint density at radius 3 is 1.91 bits per heavy atom. The predicted octanol–water partition coefficient (Wildman–Crippen LogP) is 4.02. The molecule has 0 saturated heterocycles. The number of rotatable bonds is 2. The van der Waals surface area contributed by atoms with E-state index in [4.69, 9.17) is 0 Å². The average Bonchev–Trinajstić information content (AvgIpc) is 2.74. The van der Waals surface area contributed by atoms with E-state index in [0.717, 1.165) is 11.8 Å². The van der Waals surface area contributed by atoms with Crippen molar-refractivity contribution in [2.24, 2.45) is 11.8 Å². The number of allylic oxidation sites excluding steroid dienone is 2. The third kappa shape index (κ3) is 9.74. The lowest BCUT2D eigenvalue weighted by molar-refractivity contribution is 0.626. The Labute approximate surface area is 71.7 Å². The van der Waals surface area contributed by atoms with Gasteiger partial charge in [-0.1, -0.05) is 39.3 Å². The van der Waals surface area contributed by atoms with E-state index in [1.54, 1.807) is 0 Å². The molecule has 0 heteroatoms. The normalized spacial score (nSPS) is 16.8. The molecule has 0 unspecified atom stereocenters. The lowest BCUT2D eigenvalue weighted by Crippen LogP contribution is -1.77. The quantitative estimate of drug-likeness (QED) is 0.527. The number of hydrogen-bond donors (Lipinski definition) is 0. The Bertz CT molecular complexity index is 96.6. The van der Waals surface area contributed by atoms with Gasteiger partial charge < -0.3 is 0 Å². The summed E-state index contributed by atoms with van der Waals surface area (Å²) in [7, 11) is 0. The van der Waals surface area contributed by atoms with E-state index < -0.39 is 0 Å². The van der Waals surface area contributed by atoms with Gasteiger partial charge in [-0.25, -0.2) is 0 Å². The van der Waals surface area contributed by atoms with Crippen LogP contribution in [0.2, 0.25) is 0 Å². The Morgan fingerprint density at radius 2 is 1.82 bits per heavy atom. The Morgan fingerprint density at radius 1 is 1.36 bits per heavy atom. The van der Waals surface area contributed by atoms with Crippen molar-refractivity contribution in [1.82, 2.24) is 0 Å². The van der Waals surface area contributed by atoms with Crippen LogP contribution in [0.3, 0.4) is 0 Å². The van der Waals surface area contributed by atoms with Crippen LogP contribution in [0.15, 0.2) is 12.2 Å². The molecular formula is C11H22. The minimum absolute atomic E-state index is 0.884. The Balaban J connectivity index is 0.000000187. The van der Waals surface area contributed by atoms with Gasteiger partial charge in [0, 0.05) is 0 Å². The zero-order chi connectivity index (χ0) is 8.69. The molecule has 0 atom stereocenters. The van der Waals surface area contributed by atoms with Gasteiger partial charge >= 0.3 is 0 Å². The zero-order valence-electron chi connectivity index (χ0n) is 8.43. The standard InChI is InChI=1S/C6H10.C5H12/c1-2-3-6-4-5-6;1-4-5(2)3/h2-3,6H,4-5H2,1H3;5H,4H2,1-3H3/b3-2-;. The van der Waals surface area contributed by atoms with Crippen LogP contribution in [0, 0.1) is 11.8 Å². The van der Waals surface area contributed by atoms with Gasteiger partial charge in [-0.05, 0) is 31.6 Å². The van der Waals surface area contributed by atoms with Crippen LogP contribution < -0.4 is 0 Å². The molecule has 0 aromatic carbocycles. The second-order valence-corrected chi connectivity index (χ2v) is 3.67. The summed E-state index contributed by atoms with van der Waals surface area (Å²) in [6.45, 7) is 8.73. The van der Waals surface area contributed by atoms with Crippen LogP contribution in [-0.4, -0.2) is 0 Å². The van der Waals surface area contributed by atoms with Gasteiger partial charge in [0.15, 0.2) is 0 Å². The summed E-state index contributed by atoms with van der Waals surface area (Å²) in [5.41, 5.74) is 0. The van der Waals surface area contributed by atoms with Gasteiger partial charge in [-0.15, -0.1) is 0 Å². The van der Waals surface area contributed by atoms with E-state index in [-0.39, 0.29) is 0 Å². The minimum atomic E-state index is 0.884. The van der Waals surface area contributed by atoms with Crippen LogP contribution in [-0.2, 0) is 0 Å². The van der Waals surface area contributed by atoms with Gasteiger partial charge in [0.1, 0.15) is 0 Å². The minimum Gasteiger partial charge on any atom is -0.0914 e. The molecule has 66 valence electrons. The highest BCUT2D eigenvalue weighted by Crippen LogP contribution is 2.29. The molecule has 0 spiro atoms. The van der Waals surface area contributed by atoms with Crippen molar-refractivity contribution in [3.05, 3.63) is 12.2 Å². The summed E-state index contributed by atoms with van der Waals surface area (Å²) in [6.07, 6.45) is 8.59. The van der Waals surface area contributed by atoms with Gasteiger partial charge in [0.05, 0.1) is 0 Å². The van der Waals surface area contributed by atoms with Gasteiger partial charge in [-0.3, -0.25) is 0 Å². The predicted molar refractivity (Wildman–Crippen MR) is 52.7 cm³/mol. The molecule has 1 fully saturated rings. The molecule has 0 aliphatic heterocycles. The first-order valence-corrected chi connectivity index (χ1v) is 4.83. The van der Waals surface area contributed by atoms with Crippen molar-refractivity contribution in [1.29, 1.82) is 0 Å². The highest BCUT2D eigenvalue weighted by molar-refractivity contribution is 4.93. The second kappa shape index (κ2) is 6.45. The SMILES string of the molecule is C/C=C\C1CC1.CCC(C)C. The van der Waals surface area contributed by atoms with Crippen molar-refractivity contribution in [2.75, 3.05) is 0 Å². The molecule has 1 aliphatic rings. The smallest absolute Gasteiger partial charge is 0.0233 e. The largest absolute Gasteiger partial charge is 0.0914 e. The highest BCUT2D eigenvalue weighted by Gasteiger charge is 2.15. The maximum Gasteiger partial charge on any atom is -0.0233 e. The summed E-state index contributed by atoms with van der Waals surface area (Å²) in [5.74, 6) is 1.85. The van der Waals surface area contributed by atoms with Gasteiger partial charge in [0.2, 0.25) is 0 Å². The van der Waals surface area contributed by atoms with Crippen molar-refractivity contribution in [3.63, 3.8) is 0 Å². The molecule has 0 aromatic heterocycles. The van der Waals surface area contributed by atoms with Crippen molar-refractivity contribution < 1.29 is 0 Å². The van der Waals surface area contributed by atoms with E-state index >= 15 is 0 Å². The first-order chi connectivity index (χ1) is 5.20. The summed E-state index contributed by atoms with van der Waals surface area (Å²) >= 11 is 0. The van der Waals surface area contributed by atoms with Crippen molar-refractivity contribution >= 4 is 0 Å². The van der Waals surface area contributed by atoms with E-state index in [1.807, 2.05) is 0 Å². The molecule has 0 amide bonds. The third-order valence-corrected chi connectivity index (χ3v) is 1.90. The fourth-order valence-electron chi connectivity index (χ4n) is 0.561. The number of hydrogen-bond acceptors (Lipinski definition) is 0. The second-order valence-electron chi connectivity index (χ2n) is 3.67. The van der Waals surface area contributed by atoms with E-state index in [0.29, 0.717) is 0 Å². The summed E-state index contributed by atoms with van der Waals surface area (Å²) < 4.78 is 0. The van der Waals surface area contributed by atoms with Crippen LogP contribution in [0.5, 0.6) is 0 Å². The first-order valence-electron chi connectivity index (χ1n) is 4.83. The van der Waals surface area contributed by atoms with E-state index in [1.165, 1.54) is 19.3 Å². The average molecular weight is 154 g/mol. The van der Waals surface area contributed by atoms with Crippen LogP contribution >= 0.6 is 0 Å². The topological polar surface area (TPSA) is 0 Å². The van der Waals surface area contributed by atoms with Crippen LogP contribution in [0.4, 0.5) is 0 Å². The first kappa shape index (κ1) is 10.7. The fraction of sp³-hybridized carbons (Fsp3) is 0.818. The molecule has 1 aliphatic carbocycles. The molecular weight excluding hydrogens is 132 g/mol. The molecule has 0 aromatic rings. The third-order valence-electron chi connectivity index (χ3n) is 1.90.